The lowest BCUT2D eigenvalue weighted by molar-refractivity contribution is -0.463. The Morgan fingerprint density at radius 3 is 1.33 bits per heavy atom. The predicted molar refractivity (Wildman–Crippen MR) is 254 cm³/mol. The number of nitrogens with one attached hydrogen (secondary N) is 4. The summed E-state index contributed by atoms with van der Waals surface area (Å²) in [5, 5.41) is 0. The van der Waals surface area contributed by atoms with Crippen LogP contribution in [0.15, 0.2) is 60.7 Å². The first-order valence-electron chi connectivity index (χ1n) is 22.6. The van der Waals surface area contributed by atoms with Gasteiger partial charge in [0, 0.05) is 48.5 Å². The molecule has 0 saturated heterocycles. The molecule has 6 rings (SSSR count). The number of carbonyl (C=O) groups is 4. The molecule has 4 N–H and O–H groups in total. The Kier molecular flexibility index (Phi) is 16.1. The minimum Gasteiger partial charge on any atom is -0.469 e. The van der Waals surface area contributed by atoms with Crippen molar-refractivity contribution in [2.75, 3.05) is 28.3 Å². The fourth-order valence-electron chi connectivity index (χ4n) is 9.03. The van der Waals surface area contributed by atoms with Crippen LogP contribution >= 0.6 is 0 Å². The fourth-order valence-corrected chi connectivity index (χ4v) is 9.03. The minimum atomic E-state index is -0.496. The third-order valence-electron chi connectivity index (χ3n) is 12.7. The largest absolute Gasteiger partial charge is 0.469 e. The molecular weight excluding hydrogens is 835 g/mol. The van der Waals surface area contributed by atoms with Crippen LogP contribution in [0.5, 0.6) is 0 Å². The molecule has 6 aromatic rings. The van der Waals surface area contributed by atoms with Gasteiger partial charge in [0.25, 0.3) is 0 Å². The van der Waals surface area contributed by atoms with E-state index in [1.165, 1.54) is 14.2 Å². The zero-order valence-electron chi connectivity index (χ0n) is 40.1. The van der Waals surface area contributed by atoms with E-state index in [0.29, 0.717) is 42.6 Å². The van der Waals surface area contributed by atoms with Crippen molar-refractivity contribution in [1.29, 1.82) is 0 Å². The molecule has 4 aromatic heterocycles. The SMILES string of the molecule is CCc1c(Cc2[nH]c(C(c3[nH]c(Cc4[nH]c(C(=O)OCc5ccccc5)c(C)c4CCC(=O)OC)c(CCC(=O)OC)c3C)=[N+](C)C)c(CC)c2C)[nH]c(C(=O)OCc2ccccc2)c1C. The standard InChI is InChI=1S/C53H63N5O8/c1-11-37-32(4)48(52(61)65-29-35-19-15-13-16-20-35)56-42(37)27-41-31(3)38(12-2)50(54-41)51(58(7)8)47-33(5)39(23-25-45(59)63-9)43(55-47)28-44-40(24-26-46(60)64-10)34(6)49(57-44)53(62)66-30-36-21-17-14-18-22-36/h13-22H,11-12,23-30H2,1-10H3,(H3,54,55,56,57,61,62)/p+1. The van der Waals surface area contributed by atoms with Crippen molar-refractivity contribution in [2.45, 2.75) is 106 Å². The monoisotopic (exact) mass is 898 g/mol. The second-order valence-corrected chi connectivity index (χ2v) is 16.9. The molecule has 13 heteroatoms. The molecule has 4 heterocycles. The molecule has 0 amide bonds. The van der Waals surface area contributed by atoms with E-state index in [1.54, 1.807) is 0 Å². The molecule has 0 fully saturated rings. The zero-order valence-corrected chi connectivity index (χ0v) is 40.1. The Hall–Kier alpha value is -6.89. The average molecular weight is 899 g/mol. The maximum absolute atomic E-state index is 13.6. The van der Waals surface area contributed by atoms with Gasteiger partial charge in [-0.1, -0.05) is 74.5 Å². The molecule has 2 aromatic carbocycles. The van der Waals surface area contributed by atoms with Crippen molar-refractivity contribution < 1.29 is 42.7 Å². The molecule has 0 atom stereocenters. The van der Waals surface area contributed by atoms with Crippen molar-refractivity contribution in [1.82, 2.24) is 19.9 Å². The fraction of sp³-hybridized carbons (Fsp3) is 0.377. The molecule has 0 aliphatic carbocycles. The number of carbonyl (C=O) groups excluding carboxylic acids is 4. The number of benzene rings is 2. The van der Waals surface area contributed by atoms with Gasteiger partial charge in [0.1, 0.15) is 50.1 Å². The number of esters is 4. The Morgan fingerprint density at radius 1 is 0.500 bits per heavy atom. The number of methoxy groups -OCH3 is 2. The summed E-state index contributed by atoms with van der Waals surface area (Å²) >= 11 is 0. The van der Waals surface area contributed by atoms with Gasteiger partial charge in [0.2, 0.25) is 5.71 Å². The number of ether oxygens (including phenoxy) is 4. The van der Waals surface area contributed by atoms with Crippen LogP contribution in [0, 0.1) is 27.7 Å². The van der Waals surface area contributed by atoms with Crippen LogP contribution in [0.25, 0.3) is 0 Å². The van der Waals surface area contributed by atoms with Gasteiger partial charge in [-0.15, -0.1) is 0 Å². The predicted octanol–water partition coefficient (Wildman–Crippen LogP) is 8.57. The molecular formula is C53H64N5O8+. The Bertz CT molecular complexity index is 2730. The maximum Gasteiger partial charge on any atom is 0.355 e. The minimum absolute atomic E-state index is 0.111. The normalized spacial score (nSPS) is 11.1. The van der Waals surface area contributed by atoms with Crippen molar-refractivity contribution in [3.63, 3.8) is 0 Å². The average Bonchev–Trinajstić information content (AvgIpc) is 4.01. The highest BCUT2D eigenvalue weighted by atomic mass is 16.5. The van der Waals surface area contributed by atoms with Crippen LogP contribution in [0.3, 0.4) is 0 Å². The van der Waals surface area contributed by atoms with Crippen LogP contribution in [-0.2, 0) is 80.3 Å². The molecule has 0 aliphatic rings. The smallest absolute Gasteiger partial charge is 0.355 e. The van der Waals surface area contributed by atoms with E-state index in [4.69, 9.17) is 18.9 Å². The summed E-state index contributed by atoms with van der Waals surface area (Å²) in [6, 6.07) is 19.1. The molecule has 0 saturated carbocycles. The van der Waals surface area contributed by atoms with E-state index >= 15 is 0 Å². The highest BCUT2D eigenvalue weighted by Gasteiger charge is 2.31. The summed E-state index contributed by atoms with van der Waals surface area (Å²) in [7, 11) is 6.78. The van der Waals surface area contributed by atoms with E-state index in [9.17, 15) is 19.2 Å². The third-order valence-corrected chi connectivity index (χ3v) is 12.7. The van der Waals surface area contributed by atoms with Crippen LogP contribution in [0.4, 0.5) is 0 Å². The van der Waals surface area contributed by atoms with Gasteiger partial charge in [-0.05, 0) is 109 Å². The van der Waals surface area contributed by atoms with Crippen molar-refractivity contribution in [2.24, 2.45) is 0 Å². The Morgan fingerprint density at radius 2 is 0.894 bits per heavy atom. The number of aromatic amines is 4. The first kappa shape index (κ1) is 48.6. The third kappa shape index (κ3) is 10.8. The second-order valence-electron chi connectivity index (χ2n) is 16.9. The highest BCUT2D eigenvalue weighted by Crippen LogP contribution is 2.32. The molecule has 13 nitrogen and oxygen atoms in total. The first-order chi connectivity index (χ1) is 31.7. The van der Waals surface area contributed by atoms with Crippen LogP contribution in [0.2, 0.25) is 0 Å². The van der Waals surface area contributed by atoms with Crippen molar-refractivity contribution in [3.05, 3.63) is 162 Å². The van der Waals surface area contributed by atoms with Gasteiger partial charge >= 0.3 is 23.9 Å². The summed E-state index contributed by atoms with van der Waals surface area (Å²) in [5.74, 6) is -1.56. The quantitative estimate of drug-likeness (QED) is 0.0256. The van der Waals surface area contributed by atoms with Gasteiger partial charge in [-0.3, -0.25) is 9.59 Å². The molecule has 66 heavy (non-hydrogen) atoms. The van der Waals surface area contributed by atoms with Gasteiger partial charge < -0.3 is 38.9 Å². The number of H-pyrrole nitrogens is 4. The summed E-state index contributed by atoms with van der Waals surface area (Å²) in [4.78, 5) is 66.6. The summed E-state index contributed by atoms with van der Waals surface area (Å²) in [6.45, 7) is 12.6. The number of hydrogen-bond acceptors (Lipinski definition) is 8. The Labute approximate surface area is 387 Å². The lowest BCUT2D eigenvalue weighted by Crippen LogP contribution is -2.20. The van der Waals surface area contributed by atoms with Gasteiger partial charge in [0.15, 0.2) is 0 Å². The molecule has 0 aliphatic heterocycles. The molecule has 0 unspecified atom stereocenters. The van der Waals surface area contributed by atoms with Gasteiger partial charge in [-0.25, -0.2) is 14.2 Å². The van der Waals surface area contributed by atoms with Crippen LogP contribution in [-0.4, -0.2) is 82.4 Å². The van der Waals surface area contributed by atoms with E-state index in [1.807, 2.05) is 88.6 Å². The topological polar surface area (TPSA) is 171 Å². The molecule has 348 valence electrons. The Balaban J connectivity index is 1.38. The van der Waals surface area contributed by atoms with Crippen molar-refractivity contribution >= 4 is 29.6 Å². The van der Waals surface area contributed by atoms with Crippen molar-refractivity contribution in [3.8, 4) is 0 Å². The maximum atomic E-state index is 13.6. The second kappa shape index (κ2) is 21.9. The number of aromatic nitrogens is 4. The molecule has 0 spiro atoms. The summed E-state index contributed by atoms with van der Waals surface area (Å²) in [6.07, 6.45) is 3.43. The van der Waals surface area contributed by atoms with Gasteiger partial charge in [0.05, 0.1) is 14.2 Å². The van der Waals surface area contributed by atoms with Crippen LogP contribution < -0.4 is 0 Å². The summed E-state index contributed by atoms with van der Waals surface area (Å²) < 4.78 is 23.7. The summed E-state index contributed by atoms with van der Waals surface area (Å²) in [5.41, 5.74) is 16.7. The highest BCUT2D eigenvalue weighted by molar-refractivity contribution is 6.10. The first-order valence-corrected chi connectivity index (χ1v) is 22.6. The lowest BCUT2D eigenvalue weighted by Gasteiger charge is -2.08. The number of rotatable bonds is 20. The van der Waals surface area contributed by atoms with E-state index in [2.05, 4.69) is 52.2 Å². The molecule has 0 radical (unpaired) electrons. The van der Waals surface area contributed by atoms with E-state index in [-0.39, 0.29) is 44.0 Å². The van der Waals surface area contributed by atoms with E-state index < -0.39 is 5.97 Å². The molecule has 0 bridgehead atoms. The van der Waals surface area contributed by atoms with Gasteiger partial charge in [-0.2, -0.15) is 0 Å². The number of hydrogen-bond donors (Lipinski definition) is 4. The lowest BCUT2D eigenvalue weighted by atomic mass is 9.97. The zero-order chi connectivity index (χ0) is 47.7. The number of nitrogens with zero attached hydrogens (tertiary/aromatic N) is 1. The van der Waals surface area contributed by atoms with Crippen LogP contribution in [0.1, 0.15) is 137 Å². The van der Waals surface area contributed by atoms with E-state index in [0.717, 1.165) is 103 Å².